The van der Waals surface area contributed by atoms with Gasteiger partial charge >= 0.3 is 0 Å². The lowest BCUT2D eigenvalue weighted by Crippen LogP contribution is -2.44. The zero-order chi connectivity index (χ0) is 12.8. The summed E-state index contributed by atoms with van der Waals surface area (Å²) in [4.78, 5) is 5.21. The molecule has 2 fully saturated rings. The number of hydrogen-bond donors (Lipinski definition) is 1. The molecule has 0 spiro atoms. The Labute approximate surface area is 113 Å². The summed E-state index contributed by atoms with van der Waals surface area (Å²) in [5.41, 5.74) is 0. The smallest absolute Gasteiger partial charge is 0.0223 e. The van der Waals surface area contributed by atoms with Crippen LogP contribution in [0.15, 0.2) is 0 Å². The van der Waals surface area contributed by atoms with E-state index >= 15 is 0 Å². The van der Waals surface area contributed by atoms with Crippen molar-refractivity contribution >= 4 is 0 Å². The van der Waals surface area contributed by atoms with Crippen molar-refractivity contribution in [2.24, 2.45) is 0 Å². The second-order valence-corrected chi connectivity index (χ2v) is 6.15. The first-order valence-corrected chi connectivity index (χ1v) is 7.95. The monoisotopic (exact) mass is 253 g/mol. The highest BCUT2D eigenvalue weighted by molar-refractivity contribution is 4.82. The molecule has 0 bridgehead atoms. The van der Waals surface area contributed by atoms with E-state index in [-0.39, 0.29) is 0 Å². The number of rotatable bonds is 5. The van der Waals surface area contributed by atoms with Gasteiger partial charge in [-0.05, 0) is 52.4 Å². The fourth-order valence-electron chi connectivity index (χ4n) is 3.59. The van der Waals surface area contributed by atoms with Crippen molar-refractivity contribution < 1.29 is 0 Å². The van der Waals surface area contributed by atoms with Gasteiger partial charge in [0.25, 0.3) is 0 Å². The van der Waals surface area contributed by atoms with Crippen molar-refractivity contribution in [1.29, 1.82) is 0 Å². The molecule has 0 aliphatic carbocycles. The molecule has 0 aromatic heterocycles. The van der Waals surface area contributed by atoms with Crippen molar-refractivity contribution in [1.82, 2.24) is 15.1 Å². The number of likely N-dealkylation sites (tertiary alicyclic amines) is 1. The maximum absolute atomic E-state index is 3.71. The number of nitrogens with zero attached hydrogens (tertiary/aromatic N) is 2. The lowest BCUT2D eigenvalue weighted by molar-refractivity contribution is 0.187. The van der Waals surface area contributed by atoms with E-state index in [1.807, 2.05) is 0 Å². The fourth-order valence-corrected chi connectivity index (χ4v) is 3.59. The summed E-state index contributed by atoms with van der Waals surface area (Å²) in [6, 6.07) is 1.54. The molecule has 3 nitrogen and oxygen atoms in total. The van der Waals surface area contributed by atoms with Crippen LogP contribution in [-0.4, -0.2) is 61.7 Å². The molecule has 18 heavy (non-hydrogen) atoms. The Morgan fingerprint density at radius 1 is 1.11 bits per heavy atom. The van der Waals surface area contributed by atoms with E-state index in [0.29, 0.717) is 0 Å². The van der Waals surface area contributed by atoms with E-state index in [9.17, 15) is 0 Å². The van der Waals surface area contributed by atoms with Crippen LogP contribution in [0.25, 0.3) is 0 Å². The third-order valence-corrected chi connectivity index (χ3v) is 4.62. The molecule has 3 heteroatoms. The molecule has 2 aliphatic heterocycles. The van der Waals surface area contributed by atoms with Gasteiger partial charge in [0.1, 0.15) is 0 Å². The normalized spacial score (nSPS) is 30.8. The van der Waals surface area contributed by atoms with Gasteiger partial charge < -0.3 is 10.2 Å². The minimum atomic E-state index is 0.731. The molecule has 2 atom stereocenters. The van der Waals surface area contributed by atoms with E-state index in [1.54, 1.807) is 0 Å². The van der Waals surface area contributed by atoms with E-state index in [4.69, 9.17) is 0 Å². The first kappa shape index (κ1) is 14.3. The van der Waals surface area contributed by atoms with Crippen LogP contribution in [0.4, 0.5) is 0 Å². The van der Waals surface area contributed by atoms with Crippen LogP contribution in [0.3, 0.4) is 0 Å². The zero-order valence-corrected chi connectivity index (χ0v) is 12.3. The Kier molecular flexibility index (Phi) is 5.93. The van der Waals surface area contributed by atoms with E-state index in [1.165, 1.54) is 71.2 Å². The number of nitrogens with one attached hydrogen (secondary N) is 1. The molecular formula is C15H31N3. The Balaban J connectivity index is 1.71. The van der Waals surface area contributed by atoms with Gasteiger partial charge in [0.05, 0.1) is 0 Å². The van der Waals surface area contributed by atoms with Crippen LogP contribution in [0.2, 0.25) is 0 Å². The van der Waals surface area contributed by atoms with Gasteiger partial charge in [-0.2, -0.15) is 0 Å². The molecule has 2 heterocycles. The summed E-state index contributed by atoms with van der Waals surface area (Å²) in [6.07, 6.45) is 8.36. The van der Waals surface area contributed by atoms with Crippen molar-refractivity contribution in [3.8, 4) is 0 Å². The fraction of sp³-hybridized carbons (Fsp3) is 1.00. The summed E-state index contributed by atoms with van der Waals surface area (Å²) >= 11 is 0. The highest BCUT2D eigenvalue weighted by Gasteiger charge is 2.24. The summed E-state index contributed by atoms with van der Waals surface area (Å²) in [5.74, 6) is 0. The van der Waals surface area contributed by atoms with Gasteiger partial charge in [-0.25, -0.2) is 0 Å². The van der Waals surface area contributed by atoms with Crippen molar-refractivity contribution in [3.05, 3.63) is 0 Å². The molecule has 2 unspecified atom stereocenters. The van der Waals surface area contributed by atoms with Crippen LogP contribution in [-0.2, 0) is 0 Å². The predicted octanol–water partition coefficient (Wildman–Crippen LogP) is 1.93. The average Bonchev–Trinajstić information content (AvgIpc) is 2.64. The topological polar surface area (TPSA) is 18.5 Å². The number of likely N-dealkylation sites (N-methyl/N-ethyl adjacent to an activating group) is 2. The van der Waals surface area contributed by atoms with Gasteiger partial charge in [0.2, 0.25) is 0 Å². The molecule has 2 saturated heterocycles. The molecule has 0 saturated carbocycles. The lowest BCUT2D eigenvalue weighted by atomic mass is 10.1. The SMILES string of the molecule is CCN1CCCC1CN(C)CC1CCCCCN1. The van der Waals surface area contributed by atoms with Crippen LogP contribution in [0, 0.1) is 0 Å². The second-order valence-electron chi connectivity index (χ2n) is 6.15. The van der Waals surface area contributed by atoms with E-state index in [2.05, 4.69) is 29.1 Å². The Bertz CT molecular complexity index is 224. The van der Waals surface area contributed by atoms with E-state index < -0.39 is 0 Å². The van der Waals surface area contributed by atoms with Gasteiger partial charge in [0.15, 0.2) is 0 Å². The minimum absolute atomic E-state index is 0.731. The largest absolute Gasteiger partial charge is 0.313 e. The standard InChI is InChI=1S/C15H31N3/c1-3-18-11-7-9-15(18)13-17(2)12-14-8-5-4-6-10-16-14/h14-16H,3-13H2,1-2H3. The molecule has 2 rings (SSSR count). The van der Waals surface area contributed by atoms with Gasteiger partial charge in [-0.1, -0.05) is 19.8 Å². The summed E-state index contributed by atoms with van der Waals surface area (Å²) in [7, 11) is 2.30. The summed E-state index contributed by atoms with van der Waals surface area (Å²) in [5, 5.41) is 3.71. The second kappa shape index (κ2) is 7.46. The highest BCUT2D eigenvalue weighted by Crippen LogP contribution is 2.17. The lowest BCUT2D eigenvalue weighted by Gasteiger charge is -2.30. The number of hydrogen-bond acceptors (Lipinski definition) is 3. The maximum Gasteiger partial charge on any atom is 0.0223 e. The first-order valence-electron chi connectivity index (χ1n) is 7.95. The highest BCUT2D eigenvalue weighted by atomic mass is 15.2. The summed E-state index contributed by atoms with van der Waals surface area (Å²) < 4.78 is 0. The first-order chi connectivity index (χ1) is 8.79. The molecular weight excluding hydrogens is 222 g/mol. The van der Waals surface area contributed by atoms with Crippen molar-refractivity contribution in [2.45, 2.75) is 57.5 Å². The van der Waals surface area contributed by atoms with Crippen LogP contribution in [0.1, 0.15) is 45.4 Å². The summed E-state index contributed by atoms with van der Waals surface area (Å²) in [6.45, 7) is 8.55. The third-order valence-electron chi connectivity index (χ3n) is 4.62. The molecule has 0 aromatic carbocycles. The van der Waals surface area contributed by atoms with Crippen LogP contribution >= 0.6 is 0 Å². The minimum Gasteiger partial charge on any atom is -0.313 e. The van der Waals surface area contributed by atoms with Crippen LogP contribution in [0.5, 0.6) is 0 Å². The van der Waals surface area contributed by atoms with E-state index in [0.717, 1.165) is 12.1 Å². The maximum atomic E-state index is 3.71. The third kappa shape index (κ3) is 4.22. The molecule has 106 valence electrons. The predicted molar refractivity (Wildman–Crippen MR) is 78.0 cm³/mol. The molecule has 0 radical (unpaired) electrons. The van der Waals surface area contributed by atoms with Gasteiger partial charge in [0, 0.05) is 25.2 Å². The molecule has 2 aliphatic rings. The Hall–Kier alpha value is -0.120. The Morgan fingerprint density at radius 3 is 2.83 bits per heavy atom. The molecule has 0 amide bonds. The quantitative estimate of drug-likeness (QED) is 0.808. The zero-order valence-electron chi connectivity index (χ0n) is 12.3. The van der Waals surface area contributed by atoms with Gasteiger partial charge in [-0.3, -0.25) is 4.90 Å². The Morgan fingerprint density at radius 2 is 2.00 bits per heavy atom. The molecule has 0 aromatic rings. The van der Waals surface area contributed by atoms with Crippen LogP contribution < -0.4 is 5.32 Å². The van der Waals surface area contributed by atoms with Crippen molar-refractivity contribution in [2.75, 3.05) is 39.8 Å². The molecule has 1 N–H and O–H groups in total. The van der Waals surface area contributed by atoms with Gasteiger partial charge in [-0.15, -0.1) is 0 Å². The average molecular weight is 253 g/mol. The van der Waals surface area contributed by atoms with Crippen molar-refractivity contribution in [3.63, 3.8) is 0 Å².